The van der Waals surface area contributed by atoms with Gasteiger partial charge in [-0.1, -0.05) is 6.07 Å². The molecule has 0 bridgehead atoms. The molecule has 2 aromatic rings. The number of pyridine rings is 2. The van der Waals surface area contributed by atoms with Crippen molar-refractivity contribution in [2.45, 2.75) is 6.18 Å². The van der Waals surface area contributed by atoms with Gasteiger partial charge in [0.05, 0.1) is 11.4 Å². The highest BCUT2D eigenvalue weighted by atomic mass is 19.4. The number of carboxylic acids is 1. The first-order valence-corrected chi connectivity index (χ1v) is 5.23. The van der Waals surface area contributed by atoms with Crippen LogP contribution in [0, 0.1) is 0 Å². The minimum atomic E-state index is -5.08. The molecule has 8 heteroatoms. The van der Waals surface area contributed by atoms with Crippen LogP contribution >= 0.6 is 0 Å². The number of anilines is 1. The number of nitrogens with two attached hydrogens (primary N) is 1. The van der Waals surface area contributed by atoms with E-state index in [2.05, 4.69) is 9.97 Å². The highest BCUT2D eigenvalue weighted by Gasteiger charge is 2.38. The molecule has 0 saturated heterocycles. The summed E-state index contributed by atoms with van der Waals surface area (Å²) in [6.07, 6.45) is -1.67. The van der Waals surface area contributed by atoms with Crippen molar-refractivity contribution < 1.29 is 23.1 Å². The summed E-state index contributed by atoms with van der Waals surface area (Å²) in [5.74, 6) is -2.76. The Hall–Kier alpha value is -2.64. The van der Waals surface area contributed by atoms with Crippen LogP contribution in [0.4, 0.5) is 18.9 Å². The molecular formula is C12H10F3N3O2. The highest BCUT2D eigenvalue weighted by molar-refractivity contribution is 5.73. The van der Waals surface area contributed by atoms with Crippen molar-refractivity contribution in [3.05, 3.63) is 42.7 Å². The lowest BCUT2D eigenvalue weighted by molar-refractivity contribution is -0.192. The van der Waals surface area contributed by atoms with E-state index in [-0.39, 0.29) is 0 Å². The Morgan fingerprint density at radius 3 is 2.15 bits per heavy atom. The van der Waals surface area contributed by atoms with E-state index in [4.69, 9.17) is 15.6 Å². The first kappa shape index (κ1) is 15.4. The number of carboxylic acid groups (broad SMARTS) is 1. The van der Waals surface area contributed by atoms with Crippen LogP contribution in [-0.2, 0) is 4.79 Å². The summed E-state index contributed by atoms with van der Waals surface area (Å²) in [6, 6.07) is 9.26. The van der Waals surface area contributed by atoms with Crippen molar-refractivity contribution in [1.29, 1.82) is 0 Å². The summed E-state index contributed by atoms with van der Waals surface area (Å²) in [6.45, 7) is 0. The molecule has 0 radical (unpaired) electrons. The zero-order chi connectivity index (χ0) is 15.2. The minimum absolute atomic E-state index is 0.704. The molecule has 0 amide bonds. The molecule has 0 unspecified atom stereocenters. The third-order valence-electron chi connectivity index (χ3n) is 1.95. The van der Waals surface area contributed by atoms with Crippen LogP contribution < -0.4 is 5.73 Å². The van der Waals surface area contributed by atoms with Crippen molar-refractivity contribution in [3.8, 4) is 11.4 Å². The molecule has 2 rings (SSSR count). The van der Waals surface area contributed by atoms with Crippen molar-refractivity contribution in [1.82, 2.24) is 9.97 Å². The molecule has 0 aliphatic rings. The first-order chi connectivity index (χ1) is 9.30. The van der Waals surface area contributed by atoms with Gasteiger partial charge in [0.2, 0.25) is 0 Å². The Labute approximate surface area is 111 Å². The molecule has 0 atom stereocenters. The summed E-state index contributed by atoms with van der Waals surface area (Å²) < 4.78 is 31.7. The topological polar surface area (TPSA) is 89.1 Å². The monoisotopic (exact) mass is 285 g/mol. The fourth-order valence-electron chi connectivity index (χ4n) is 1.10. The normalized spacial score (nSPS) is 10.3. The SMILES string of the molecule is Nc1ccnc(-c2ccccn2)c1.O=C(O)C(F)(F)F. The minimum Gasteiger partial charge on any atom is -0.475 e. The number of rotatable bonds is 1. The molecule has 5 nitrogen and oxygen atoms in total. The Morgan fingerprint density at radius 1 is 1.10 bits per heavy atom. The van der Waals surface area contributed by atoms with Crippen LogP contribution in [0.3, 0.4) is 0 Å². The van der Waals surface area contributed by atoms with Gasteiger partial charge in [0.1, 0.15) is 0 Å². The maximum absolute atomic E-state index is 10.6. The summed E-state index contributed by atoms with van der Waals surface area (Å²) in [7, 11) is 0. The molecule has 2 aromatic heterocycles. The number of nitrogen functional groups attached to an aromatic ring is 1. The summed E-state index contributed by atoms with van der Waals surface area (Å²) in [5, 5.41) is 7.12. The van der Waals surface area contributed by atoms with E-state index in [1.54, 1.807) is 18.5 Å². The Kier molecular flexibility index (Phi) is 5.01. The average molecular weight is 285 g/mol. The quantitative estimate of drug-likeness (QED) is 0.839. The van der Waals surface area contributed by atoms with E-state index in [0.29, 0.717) is 5.69 Å². The number of halogens is 3. The summed E-state index contributed by atoms with van der Waals surface area (Å²) in [5.41, 5.74) is 7.98. The van der Waals surface area contributed by atoms with Crippen LogP contribution in [0.15, 0.2) is 42.7 Å². The van der Waals surface area contributed by atoms with E-state index in [1.165, 1.54) is 0 Å². The average Bonchev–Trinajstić information content (AvgIpc) is 2.39. The van der Waals surface area contributed by atoms with Crippen LogP contribution in [0.2, 0.25) is 0 Å². The molecule has 0 aliphatic heterocycles. The maximum atomic E-state index is 10.6. The van der Waals surface area contributed by atoms with E-state index in [1.807, 2.05) is 24.3 Å². The lowest BCUT2D eigenvalue weighted by atomic mass is 10.2. The fourth-order valence-corrected chi connectivity index (χ4v) is 1.10. The molecule has 0 aromatic carbocycles. The van der Waals surface area contributed by atoms with Gasteiger partial charge in [0.25, 0.3) is 0 Å². The Bertz CT molecular complexity index is 574. The predicted octanol–water partition coefficient (Wildman–Crippen LogP) is 2.36. The van der Waals surface area contributed by atoms with Gasteiger partial charge in [-0.2, -0.15) is 13.2 Å². The van der Waals surface area contributed by atoms with Crippen LogP contribution in [0.1, 0.15) is 0 Å². The van der Waals surface area contributed by atoms with Crippen molar-refractivity contribution >= 4 is 11.7 Å². The van der Waals surface area contributed by atoms with Gasteiger partial charge in [-0.25, -0.2) is 4.79 Å². The molecule has 0 spiro atoms. The van der Waals surface area contributed by atoms with Crippen LogP contribution in [0.25, 0.3) is 11.4 Å². The molecule has 106 valence electrons. The van der Waals surface area contributed by atoms with Gasteiger partial charge < -0.3 is 10.8 Å². The largest absolute Gasteiger partial charge is 0.490 e. The smallest absolute Gasteiger partial charge is 0.475 e. The molecular weight excluding hydrogens is 275 g/mol. The Balaban J connectivity index is 0.000000246. The highest BCUT2D eigenvalue weighted by Crippen LogP contribution is 2.15. The molecule has 3 N–H and O–H groups in total. The van der Waals surface area contributed by atoms with Gasteiger partial charge in [0.15, 0.2) is 0 Å². The third kappa shape index (κ3) is 4.92. The number of aliphatic carboxylic acids is 1. The standard InChI is InChI=1S/C10H9N3.C2HF3O2/c11-8-4-6-13-10(7-8)9-3-1-2-5-12-9;3-2(4,5)1(6)7/h1-7H,(H2,11,13);(H,6,7). The number of aromatic nitrogens is 2. The van der Waals surface area contributed by atoms with Gasteiger partial charge in [-0.15, -0.1) is 0 Å². The van der Waals surface area contributed by atoms with Gasteiger partial charge in [0, 0.05) is 18.1 Å². The predicted molar refractivity (Wildman–Crippen MR) is 65.6 cm³/mol. The fraction of sp³-hybridized carbons (Fsp3) is 0.0833. The second-order valence-corrected chi connectivity index (χ2v) is 3.49. The molecule has 2 heterocycles. The van der Waals surface area contributed by atoms with E-state index < -0.39 is 12.1 Å². The van der Waals surface area contributed by atoms with E-state index in [9.17, 15) is 13.2 Å². The first-order valence-electron chi connectivity index (χ1n) is 5.23. The van der Waals surface area contributed by atoms with Crippen molar-refractivity contribution in [3.63, 3.8) is 0 Å². The van der Waals surface area contributed by atoms with E-state index in [0.717, 1.165) is 11.4 Å². The van der Waals surface area contributed by atoms with Gasteiger partial charge in [-0.3, -0.25) is 9.97 Å². The number of hydrogen-bond donors (Lipinski definition) is 2. The molecule has 0 aliphatic carbocycles. The maximum Gasteiger partial charge on any atom is 0.490 e. The molecule has 0 fully saturated rings. The second-order valence-electron chi connectivity index (χ2n) is 3.49. The number of carbonyl (C=O) groups is 1. The van der Waals surface area contributed by atoms with E-state index >= 15 is 0 Å². The Morgan fingerprint density at radius 2 is 1.70 bits per heavy atom. The van der Waals surface area contributed by atoms with Gasteiger partial charge in [-0.05, 0) is 24.3 Å². The van der Waals surface area contributed by atoms with Gasteiger partial charge >= 0.3 is 12.1 Å². The van der Waals surface area contributed by atoms with Crippen LogP contribution in [0.5, 0.6) is 0 Å². The number of nitrogens with zero attached hydrogens (tertiary/aromatic N) is 2. The third-order valence-corrected chi connectivity index (χ3v) is 1.95. The van der Waals surface area contributed by atoms with Crippen molar-refractivity contribution in [2.75, 3.05) is 5.73 Å². The summed E-state index contributed by atoms with van der Waals surface area (Å²) >= 11 is 0. The molecule has 0 saturated carbocycles. The van der Waals surface area contributed by atoms with Crippen molar-refractivity contribution in [2.24, 2.45) is 0 Å². The zero-order valence-electron chi connectivity index (χ0n) is 10.0. The molecule has 20 heavy (non-hydrogen) atoms. The summed E-state index contributed by atoms with van der Waals surface area (Å²) in [4.78, 5) is 17.2. The zero-order valence-corrected chi connectivity index (χ0v) is 10.0. The van der Waals surface area contributed by atoms with Crippen LogP contribution in [-0.4, -0.2) is 27.2 Å². The lowest BCUT2D eigenvalue weighted by Crippen LogP contribution is -2.21. The number of hydrogen-bond acceptors (Lipinski definition) is 4. The second kappa shape index (κ2) is 6.50. The lowest BCUT2D eigenvalue weighted by Gasteiger charge is -1.99. The number of alkyl halides is 3.